The molecule has 0 N–H and O–H groups in total. The fourth-order valence-electron chi connectivity index (χ4n) is 2.16. The van der Waals surface area contributed by atoms with Crippen molar-refractivity contribution in [1.29, 1.82) is 0 Å². The Labute approximate surface area is 133 Å². The molecule has 0 saturated heterocycles. The summed E-state index contributed by atoms with van der Waals surface area (Å²) in [5.74, 6) is 6.19. The Morgan fingerprint density at radius 1 is 0.810 bits per heavy atom. The van der Waals surface area contributed by atoms with Crippen LogP contribution in [-0.2, 0) is 0 Å². The van der Waals surface area contributed by atoms with Crippen LogP contribution in [0, 0.1) is 11.8 Å². The summed E-state index contributed by atoms with van der Waals surface area (Å²) in [6.07, 6.45) is 3.92. The van der Waals surface area contributed by atoms with Crippen LogP contribution in [-0.4, -0.2) is 0 Å². The highest BCUT2D eigenvalue weighted by molar-refractivity contribution is 9.10. The van der Waals surface area contributed by atoms with Crippen molar-refractivity contribution < 1.29 is 0 Å². The Balaban J connectivity index is 1.87. The molecule has 0 bridgehead atoms. The average molecular weight is 333 g/mol. The second kappa shape index (κ2) is 6.43. The molecule has 0 nitrogen and oxygen atoms in total. The quantitative estimate of drug-likeness (QED) is 0.504. The molecule has 0 aliphatic rings. The molecule has 3 aromatic carbocycles. The van der Waals surface area contributed by atoms with Crippen molar-refractivity contribution >= 4 is 32.8 Å². The van der Waals surface area contributed by atoms with Gasteiger partial charge in [-0.3, -0.25) is 0 Å². The van der Waals surface area contributed by atoms with Crippen LogP contribution in [0.25, 0.3) is 16.8 Å². The zero-order valence-electron chi connectivity index (χ0n) is 11.4. The van der Waals surface area contributed by atoms with E-state index in [-0.39, 0.29) is 0 Å². The molecule has 0 unspecified atom stereocenters. The average Bonchev–Trinajstić information content (AvgIpc) is 2.55. The van der Waals surface area contributed by atoms with Gasteiger partial charge >= 0.3 is 0 Å². The van der Waals surface area contributed by atoms with E-state index in [1.54, 1.807) is 0 Å². The van der Waals surface area contributed by atoms with E-state index in [1.807, 2.05) is 42.5 Å². The molecule has 0 aliphatic carbocycles. The topological polar surface area (TPSA) is 0 Å². The van der Waals surface area contributed by atoms with Crippen molar-refractivity contribution in [1.82, 2.24) is 0 Å². The van der Waals surface area contributed by atoms with Gasteiger partial charge in [-0.1, -0.05) is 66.4 Å². The number of hydrogen-bond donors (Lipinski definition) is 0. The van der Waals surface area contributed by atoms with E-state index in [2.05, 4.69) is 64.2 Å². The van der Waals surface area contributed by atoms with Gasteiger partial charge in [-0.05, 0) is 56.6 Å². The summed E-state index contributed by atoms with van der Waals surface area (Å²) in [6, 6.07) is 22.6. The summed E-state index contributed by atoms with van der Waals surface area (Å²) in [6.45, 7) is 0. The zero-order chi connectivity index (χ0) is 14.5. The fraction of sp³-hybridized carbons (Fsp3) is 0. The normalized spacial score (nSPS) is 10.5. The molecule has 0 amide bonds. The van der Waals surface area contributed by atoms with E-state index in [9.17, 15) is 0 Å². The van der Waals surface area contributed by atoms with Crippen LogP contribution in [0.4, 0.5) is 0 Å². The van der Waals surface area contributed by atoms with Gasteiger partial charge in [0, 0.05) is 10.0 Å². The molecular weight excluding hydrogens is 320 g/mol. The predicted octanol–water partition coefficient (Wildman–Crippen LogP) is 5.67. The maximum absolute atomic E-state index is 3.68. The van der Waals surface area contributed by atoms with Crippen LogP contribution >= 0.6 is 15.9 Å². The van der Waals surface area contributed by atoms with Crippen molar-refractivity contribution in [3.05, 3.63) is 88.4 Å². The van der Waals surface area contributed by atoms with Gasteiger partial charge in [0.05, 0.1) is 0 Å². The molecule has 100 valence electrons. The van der Waals surface area contributed by atoms with Gasteiger partial charge in [-0.15, -0.1) is 0 Å². The first-order chi connectivity index (χ1) is 10.3. The summed E-state index contributed by atoms with van der Waals surface area (Å²) in [7, 11) is 0. The molecule has 0 aromatic heterocycles. The first-order valence-electron chi connectivity index (χ1n) is 6.75. The van der Waals surface area contributed by atoms with E-state index in [0.717, 1.165) is 15.6 Å². The van der Waals surface area contributed by atoms with Crippen molar-refractivity contribution in [2.75, 3.05) is 0 Å². The van der Waals surface area contributed by atoms with Crippen molar-refractivity contribution in [3.63, 3.8) is 0 Å². The number of allylic oxidation sites excluding steroid dienone is 1. The van der Waals surface area contributed by atoms with Gasteiger partial charge in [0.25, 0.3) is 0 Å². The zero-order valence-corrected chi connectivity index (χ0v) is 13.0. The maximum atomic E-state index is 3.68. The fourth-order valence-corrected chi connectivity index (χ4v) is 2.78. The van der Waals surface area contributed by atoms with E-state index < -0.39 is 0 Å². The molecule has 0 atom stereocenters. The molecule has 0 fully saturated rings. The minimum absolute atomic E-state index is 1.03. The molecule has 0 aliphatic heterocycles. The summed E-state index contributed by atoms with van der Waals surface area (Å²) in [5, 5.41) is 2.45. The molecule has 21 heavy (non-hydrogen) atoms. The molecule has 0 radical (unpaired) electrons. The number of fused-ring (bicyclic) bond motifs is 1. The lowest BCUT2D eigenvalue weighted by Crippen LogP contribution is -1.79. The van der Waals surface area contributed by atoms with Gasteiger partial charge in [0.1, 0.15) is 0 Å². The van der Waals surface area contributed by atoms with Gasteiger partial charge in [0.2, 0.25) is 0 Å². The van der Waals surface area contributed by atoms with Gasteiger partial charge < -0.3 is 0 Å². The maximum Gasteiger partial charge on any atom is 0.0326 e. The molecule has 3 rings (SSSR count). The molecule has 0 saturated carbocycles. The molecular formula is C20H13Br. The largest absolute Gasteiger partial charge is 0.0696 e. The highest BCUT2D eigenvalue weighted by Gasteiger charge is 2.01. The molecule has 1 heteroatoms. The first kappa shape index (κ1) is 13.7. The van der Waals surface area contributed by atoms with Gasteiger partial charge in [-0.2, -0.15) is 0 Å². The number of halogens is 1. The summed E-state index contributed by atoms with van der Waals surface area (Å²) in [4.78, 5) is 0. The van der Waals surface area contributed by atoms with Crippen molar-refractivity contribution in [3.8, 4) is 11.8 Å². The van der Waals surface area contributed by atoms with Crippen LogP contribution in [0.3, 0.4) is 0 Å². The van der Waals surface area contributed by atoms with E-state index >= 15 is 0 Å². The Bertz CT molecular complexity index is 849. The minimum atomic E-state index is 1.03. The van der Waals surface area contributed by atoms with Crippen LogP contribution < -0.4 is 0 Å². The van der Waals surface area contributed by atoms with Crippen LogP contribution in [0.5, 0.6) is 0 Å². The van der Waals surface area contributed by atoms with Crippen molar-refractivity contribution in [2.45, 2.75) is 0 Å². The third-order valence-electron chi connectivity index (χ3n) is 3.23. The highest BCUT2D eigenvalue weighted by atomic mass is 79.9. The lowest BCUT2D eigenvalue weighted by molar-refractivity contribution is 1.65. The SMILES string of the molecule is Brc1c(/C=C/C#Cc2ccccc2)ccc2ccccc12. The lowest BCUT2D eigenvalue weighted by atomic mass is 10.1. The Morgan fingerprint density at radius 3 is 2.43 bits per heavy atom. The first-order valence-corrected chi connectivity index (χ1v) is 7.54. The highest BCUT2D eigenvalue weighted by Crippen LogP contribution is 2.28. The molecule has 0 spiro atoms. The Kier molecular flexibility index (Phi) is 4.19. The summed E-state index contributed by atoms with van der Waals surface area (Å²) in [5.41, 5.74) is 2.16. The van der Waals surface area contributed by atoms with Crippen molar-refractivity contribution in [2.24, 2.45) is 0 Å². The molecule has 3 aromatic rings. The smallest absolute Gasteiger partial charge is 0.0326 e. The molecule has 0 heterocycles. The van der Waals surface area contributed by atoms with E-state index in [1.165, 1.54) is 10.8 Å². The minimum Gasteiger partial charge on any atom is -0.0696 e. The Morgan fingerprint density at radius 2 is 1.57 bits per heavy atom. The second-order valence-corrected chi connectivity index (χ2v) is 5.45. The van der Waals surface area contributed by atoms with Gasteiger partial charge in [0.15, 0.2) is 0 Å². The number of benzene rings is 3. The monoisotopic (exact) mass is 332 g/mol. The predicted molar refractivity (Wildman–Crippen MR) is 94.0 cm³/mol. The van der Waals surface area contributed by atoms with Crippen LogP contribution in [0.15, 0.2) is 77.3 Å². The second-order valence-electron chi connectivity index (χ2n) is 4.66. The third kappa shape index (κ3) is 3.24. The van der Waals surface area contributed by atoms with E-state index in [4.69, 9.17) is 0 Å². The summed E-state index contributed by atoms with van der Waals surface area (Å²) < 4.78 is 1.11. The van der Waals surface area contributed by atoms with Gasteiger partial charge in [-0.25, -0.2) is 0 Å². The summed E-state index contributed by atoms with van der Waals surface area (Å²) >= 11 is 3.68. The van der Waals surface area contributed by atoms with Crippen LogP contribution in [0.2, 0.25) is 0 Å². The number of rotatable bonds is 1. The standard InChI is InChI=1S/C20H13Br/c21-20-18(15-14-17-11-6-7-13-19(17)20)12-5-4-10-16-8-2-1-3-9-16/h1-3,5-9,11-15H/b12-5+. The van der Waals surface area contributed by atoms with E-state index in [0.29, 0.717) is 0 Å². The number of hydrogen-bond acceptors (Lipinski definition) is 0. The lowest BCUT2D eigenvalue weighted by Gasteiger charge is -2.03. The third-order valence-corrected chi connectivity index (χ3v) is 4.11. The van der Waals surface area contributed by atoms with Crippen LogP contribution in [0.1, 0.15) is 11.1 Å². The Hall–Kier alpha value is -2.30.